The van der Waals surface area contributed by atoms with Crippen LogP contribution in [-0.2, 0) is 25.8 Å². The minimum atomic E-state index is 0.464. The van der Waals surface area contributed by atoms with E-state index in [0.717, 1.165) is 56.4 Å². The number of likely N-dealkylation sites (N-methyl/N-ethyl adjacent to an activating group) is 1. The number of nitrogens with zero attached hydrogens (tertiary/aromatic N) is 6. The summed E-state index contributed by atoms with van der Waals surface area (Å²) in [4.78, 5) is 18.3. The Morgan fingerprint density at radius 2 is 2.20 bits per heavy atom. The Morgan fingerprint density at radius 1 is 1.28 bits per heavy atom. The van der Waals surface area contributed by atoms with E-state index in [9.17, 15) is 0 Å². The van der Waals surface area contributed by atoms with Crippen LogP contribution in [0.15, 0.2) is 10.9 Å². The van der Waals surface area contributed by atoms with Crippen LogP contribution in [0.4, 0.5) is 5.82 Å². The molecule has 1 atom stereocenters. The first kappa shape index (κ1) is 16.4. The molecule has 25 heavy (non-hydrogen) atoms. The highest BCUT2D eigenvalue weighted by atomic mass is 16.5. The molecule has 7 heteroatoms. The fraction of sp³-hybridized carbons (Fsp3) is 0.667. The third kappa shape index (κ3) is 3.38. The zero-order valence-electron chi connectivity index (χ0n) is 15.1. The molecule has 3 heterocycles. The van der Waals surface area contributed by atoms with Gasteiger partial charge in [0.25, 0.3) is 0 Å². The Bertz CT molecular complexity index is 730. The van der Waals surface area contributed by atoms with E-state index < -0.39 is 0 Å². The second kappa shape index (κ2) is 7.07. The second-order valence-electron chi connectivity index (χ2n) is 7.08. The maximum Gasteiger partial charge on any atom is 0.226 e. The van der Waals surface area contributed by atoms with Crippen molar-refractivity contribution in [3.63, 3.8) is 0 Å². The van der Waals surface area contributed by atoms with Gasteiger partial charge in [-0.05, 0) is 38.6 Å². The van der Waals surface area contributed by atoms with Crippen molar-refractivity contribution < 1.29 is 4.52 Å². The van der Waals surface area contributed by atoms with E-state index in [-0.39, 0.29) is 0 Å². The van der Waals surface area contributed by atoms with Gasteiger partial charge in [0.1, 0.15) is 12.1 Å². The van der Waals surface area contributed by atoms with Crippen LogP contribution >= 0.6 is 0 Å². The molecule has 0 amide bonds. The Kier molecular flexibility index (Phi) is 4.65. The predicted molar refractivity (Wildman–Crippen MR) is 94.4 cm³/mol. The van der Waals surface area contributed by atoms with Gasteiger partial charge in [0.05, 0.1) is 6.54 Å². The number of hydrogen-bond acceptors (Lipinski definition) is 7. The number of piperidine rings is 1. The first-order chi connectivity index (χ1) is 12.2. The molecule has 0 saturated carbocycles. The summed E-state index contributed by atoms with van der Waals surface area (Å²) in [6, 6.07) is 0.464. The Balaban J connectivity index is 1.45. The maximum atomic E-state index is 5.23. The highest BCUT2D eigenvalue weighted by Gasteiger charge is 2.28. The third-order valence-electron chi connectivity index (χ3n) is 5.39. The van der Waals surface area contributed by atoms with E-state index >= 15 is 0 Å². The van der Waals surface area contributed by atoms with E-state index in [1.807, 2.05) is 6.92 Å². The predicted octanol–water partition coefficient (Wildman–Crippen LogP) is 2.01. The molecule has 1 saturated heterocycles. The molecule has 1 aliphatic heterocycles. The number of anilines is 1. The number of fused-ring (bicyclic) bond motifs is 1. The summed E-state index contributed by atoms with van der Waals surface area (Å²) in [6.07, 6.45) is 8.28. The van der Waals surface area contributed by atoms with Gasteiger partial charge in [-0.2, -0.15) is 4.98 Å². The molecule has 4 rings (SSSR count). The quantitative estimate of drug-likeness (QED) is 0.823. The number of hydrogen-bond donors (Lipinski definition) is 0. The SMILES string of the molecule is CCc1nc(CN2CCCC(N(C)c3ncnc4c3CCC4)C2)no1. The van der Waals surface area contributed by atoms with E-state index in [1.54, 1.807) is 6.33 Å². The van der Waals surface area contributed by atoms with E-state index in [1.165, 1.54) is 30.5 Å². The van der Waals surface area contributed by atoms with Crippen LogP contribution in [0.25, 0.3) is 0 Å². The summed E-state index contributed by atoms with van der Waals surface area (Å²) in [6.45, 7) is 4.88. The van der Waals surface area contributed by atoms with E-state index in [0.29, 0.717) is 6.04 Å². The Hall–Kier alpha value is -2.02. The van der Waals surface area contributed by atoms with Crippen LogP contribution in [0.1, 0.15) is 49.2 Å². The lowest BCUT2D eigenvalue weighted by Gasteiger charge is -2.38. The van der Waals surface area contributed by atoms with Crippen molar-refractivity contribution in [1.29, 1.82) is 0 Å². The van der Waals surface area contributed by atoms with Gasteiger partial charge in [-0.3, -0.25) is 4.90 Å². The standard InChI is InChI=1S/C18H26N6O/c1-3-17-21-16(22-25-17)11-24-9-5-6-13(10-24)23(2)18-14-7-4-8-15(14)19-12-20-18/h12-13H,3-11H2,1-2H3. The molecule has 1 aliphatic carbocycles. The van der Waals surface area contributed by atoms with Crippen molar-refractivity contribution in [3.8, 4) is 0 Å². The van der Waals surface area contributed by atoms with Crippen molar-refractivity contribution in [3.05, 3.63) is 29.3 Å². The molecule has 2 aliphatic rings. The third-order valence-corrected chi connectivity index (χ3v) is 5.39. The average molecular weight is 342 g/mol. The van der Waals surface area contributed by atoms with Gasteiger partial charge in [0.2, 0.25) is 5.89 Å². The summed E-state index contributed by atoms with van der Waals surface area (Å²) in [5.41, 5.74) is 2.59. The first-order valence-electron chi connectivity index (χ1n) is 9.34. The molecule has 0 radical (unpaired) electrons. The van der Waals surface area contributed by atoms with Crippen LogP contribution in [0.5, 0.6) is 0 Å². The summed E-state index contributed by atoms with van der Waals surface area (Å²) in [5.74, 6) is 2.64. The average Bonchev–Trinajstić information content (AvgIpc) is 3.30. The van der Waals surface area contributed by atoms with E-state index in [4.69, 9.17) is 4.52 Å². The van der Waals surface area contributed by atoms with Crippen molar-refractivity contribution in [2.24, 2.45) is 0 Å². The number of aromatic nitrogens is 4. The van der Waals surface area contributed by atoms with Crippen molar-refractivity contribution in [1.82, 2.24) is 25.0 Å². The molecule has 0 spiro atoms. The molecular weight excluding hydrogens is 316 g/mol. The number of aryl methyl sites for hydroxylation is 2. The van der Waals surface area contributed by atoms with Crippen molar-refractivity contribution in [2.45, 2.75) is 58.0 Å². The highest BCUT2D eigenvalue weighted by Crippen LogP contribution is 2.30. The van der Waals surface area contributed by atoms with Crippen LogP contribution in [0.2, 0.25) is 0 Å². The largest absolute Gasteiger partial charge is 0.355 e. The molecule has 7 nitrogen and oxygen atoms in total. The smallest absolute Gasteiger partial charge is 0.226 e. The molecular formula is C18H26N6O. The summed E-state index contributed by atoms with van der Waals surface area (Å²) in [7, 11) is 2.18. The van der Waals surface area contributed by atoms with Crippen LogP contribution in [0, 0.1) is 0 Å². The van der Waals surface area contributed by atoms with Gasteiger partial charge < -0.3 is 9.42 Å². The summed E-state index contributed by atoms with van der Waals surface area (Å²) >= 11 is 0. The zero-order valence-corrected chi connectivity index (χ0v) is 15.1. The lowest BCUT2D eigenvalue weighted by atomic mass is 10.0. The Labute approximate surface area is 148 Å². The van der Waals surface area contributed by atoms with Crippen LogP contribution in [0.3, 0.4) is 0 Å². The van der Waals surface area contributed by atoms with Gasteiger partial charge in [0.15, 0.2) is 5.82 Å². The van der Waals surface area contributed by atoms with Gasteiger partial charge in [-0.15, -0.1) is 0 Å². The Morgan fingerprint density at radius 3 is 3.04 bits per heavy atom. The molecule has 2 aromatic rings. The van der Waals surface area contributed by atoms with Crippen molar-refractivity contribution >= 4 is 5.82 Å². The molecule has 0 aromatic carbocycles. The molecule has 1 unspecified atom stereocenters. The normalized spacial score (nSPS) is 20.6. The lowest BCUT2D eigenvalue weighted by molar-refractivity contribution is 0.192. The van der Waals surface area contributed by atoms with Gasteiger partial charge in [-0.25, -0.2) is 9.97 Å². The molecule has 0 bridgehead atoms. The molecule has 2 aromatic heterocycles. The first-order valence-corrected chi connectivity index (χ1v) is 9.34. The van der Waals surface area contributed by atoms with Gasteiger partial charge >= 0.3 is 0 Å². The van der Waals surface area contributed by atoms with Crippen molar-refractivity contribution in [2.75, 3.05) is 25.0 Å². The van der Waals surface area contributed by atoms with Crippen LogP contribution < -0.4 is 4.90 Å². The van der Waals surface area contributed by atoms with Crippen LogP contribution in [-0.4, -0.2) is 51.2 Å². The highest BCUT2D eigenvalue weighted by molar-refractivity contribution is 5.50. The summed E-state index contributed by atoms with van der Waals surface area (Å²) in [5, 5.41) is 4.09. The fourth-order valence-corrected chi connectivity index (χ4v) is 4.01. The minimum absolute atomic E-state index is 0.464. The summed E-state index contributed by atoms with van der Waals surface area (Å²) < 4.78 is 5.23. The van der Waals surface area contributed by atoms with Gasteiger partial charge in [-0.1, -0.05) is 12.1 Å². The zero-order chi connectivity index (χ0) is 17.2. The van der Waals surface area contributed by atoms with E-state index in [2.05, 4.69) is 37.0 Å². The topological polar surface area (TPSA) is 71.2 Å². The monoisotopic (exact) mass is 342 g/mol. The second-order valence-corrected chi connectivity index (χ2v) is 7.08. The fourth-order valence-electron chi connectivity index (χ4n) is 4.01. The minimum Gasteiger partial charge on any atom is -0.355 e. The van der Waals surface area contributed by atoms with Gasteiger partial charge in [0, 0.05) is 37.3 Å². The molecule has 1 fully saturated rings. The maximum absolute atomic E-state index is 5.23. The lowest BCUT2D eigenvalue weighted by Crippen LogP contribution is -2.46. The molecule has 0 N–H and O–H groups in total. The number of likely N-dealkylation sites (tertiary alicyclic amines) is 1. The number of rotatable bonds is 5. The molecule has 134 valence electrons.